The van der Waals surface area contributed by atoms with Gasteiger partial charge in [-0.2, -0.15) is 13.2 Å². The van der Waals surface area contributed by atoms with Gasteiger partial charge in [0.2, 0.25) is 0 Å². The van der Waals surface area contributed by atoms with Crippen LogP contribution in [0.3, 0.4) is 0 Å². The Morgan fingerprint density at radius 2 is 1.92 bits per heavy atom. The average Bonchev–Trinajstić information content (AvgIpc) is 3.51. The molecule has 1 aromatic carbocycles. The molecule has 2 fully saturated rings. The number of nitrogens with one attached hydrogen (secondary N) is 2. The van der Waals surface area contributed by atoms with Gasteiger partial charge in [-0.05, 0) is 33.3 Å². The molecule has 3 heterocycles. The smallest absolute Gasteiger partial charge is 0.379 e. The Kier molecular flexibility index (Phi) is 8.21. The van der Waals surface area contributed by atoms with Gasteiger partial charge in [-0.1, -0.05) is 12.1 Å². The zero-order valence-corrected chi connectivity index (χ0v) is 21.4. The maximum Gasteiger partial charge on any atom is 0.419 e. The van der Waals surface area contributed by atoms with Crippen molar-refractivity contribution < 1.29 is 41.3 Å². The lowest BCUT2D eigenvalue weighted by Crippen LogP contribution is -2.48. The van der Waals surface area contributed by atoms with E-state index in [0.29, 0.717) is 25.7 Å². The van der Waals surface area contributed by atoms with Crippen LogP contribution in [0.5, 0.6) is 0 Å². The van der Waals surface area contributed by atoms with E-state index < -0.39 is 47.4 Å². The number of hydrogen-bond donors (Lipinski definition) is 2. The third kappa shape index (κ3) is 5.90. The van der Waals surface area contributed by atoms with Crippen molar-refractivity contribution in [2.75, 3.05) is 38.9 Å². The van der Waals surface area contributed by atoms with E-state index in [9.17, 15) is 22.4 Å². The highest BCUT2D eigenvalue weighted by atomic mass is 19.4. The Morgan fingerprint density at radius 1 is 1.21 bits per heavy atom. The lowest BCUT2D eigenvalue weighted by molar-refractivity contribution is -0.140. The first-order valence-electron chi connectivity index (χ1n) is 12.1. The molecule has 0 radical (unpaired) electrons. The monoisotopic (exact) mass is 542 g/mol. The number of halogens is 4. The number of benzene rings is 1. The summed E-state index contributed by atoms with van der Waals surface area (Å²) < 4.78 is 77.1. The second-order valence-corrected chi connectivity index (χ2v) is 9.53. The van der Waals surface area contributed by atoms with Crippen LogP contribution >= 0.6 is 0 Å². The van der Waals surface area contributed by atoms with Crippen molar-refractivity contribution in [1.29, 1.82) is 0 Å². The third-order valence-electron chi connectivity index (χ3n) is 6.46. The molecule has 3 atom stereocenters. The van der Waals surface area contributed by atoms with Crippen molar-refractivity contribution in [2.45, 2.75) is 57.3 Å². The molecule has 2 aliphatic heterocycles. The Balaban J connectivity index is 1.73. The van der Waals surface area contributed by atoms with Crippen molar-refractivity contribution in [2.24, 2.45) is 0 Å². The van der Waals surface area contributed by atoms with Crippen LogP contribution in [-0.2, 0) is 29.9 Å². The first-order chi connectivity index (χ1) is 17.9. The average molecular weight is 543 g/mol. The maximum absolute atomic E-state index is 14.9. The molecular weight excluding hydrogens is 512 g/mol. The van der Waals surface area contributed by atoms with Crippen molar-refractivity contribution in [3.05, 3.63) is 52.2 Å². The number of anilines is 1. The van der Waals surface area contributed by atoms with E-state index in [1.807, 2.05) is 6.92 Å². The fourth-order valence-corrected chi connectivity index (χ4v) is 4.53. The molecule has 0 spiro atoms. The van der Waals surface area contributed by atoms with Crippen LogP contribution in [0.2, 0.25) is 0 Å². The molecule has 0 aliphatic carbocycles. The van der Waals surface area contributed by atoms with Crippen LogP contribution in [0.25, 0.3) is 0 Å². The molecule has 1 aromatic heterocycles. The van der Waals surface area contributed by atoms with Gasteiger partial charge in [-0.15, -0.1) is 0 Å². The first-order valence-corrected chi connectivity index (χ1v) is 12.1. The van der Waals surface area contributed by atoms with Crippen molar-refractivity contribution >= 4 is 11.7 Å². The predicted molar refractivity (Wildman–Crippen MR) is 127 cm³/mol. The van der Waals surface area contributed by atoms with Crippen LogP contribution < -0.4 is 10.6 Å². The van der Waals surface area contributed by atoms with Gasteiger partial charge in [0.15, 0.2) is 12.4 Å². The number of carbonyl (C=O) groups excluding carboxylic acids is 1. The molecule has 2 unspecified atom stereocenters. The van der Waals surface area contributed by atoms with E-state index in [2.05, 4.69) is 20.6 Å². The van der Waals surface area contributed by atoms with Crippen LogP contribution in [-0.4, -0.2) is 55.0 Å². The fourth-order valence-electron chi connectivity index (χ4n) is 4.53. The molecule has 1 amide bonds. The van der Waals surface area contributed by atoms with Gasteiger partial charge in [0, 0.05) is 19.3 Å². The normalized spacial score (nSPS) is 21.9. The number of alkyl halides is 3. The topological polar surface area (TPSA) is 104 Å². The van der Waals surface area contributed by atoms with Crippen LogP contribution in [0, 0.1) is 12.7 Å². The molecule has 2 aromatic rings. The van der Waals surface area contributed by atoms with Gasteiger partial charge in [-0.25, -0.2) is 14.4 Å². The SMILES string of the molecule is COC(C(=O)NC1(C)CCOC1)c1nc(C)nc(N[C@H](C)c2cccc(C(F)(F)F)c2F)c1C1OCCO1. The summed E-state index contributed by atoms with van der Waals surface area (Å²) in [5.74, 6) is -1.50. The number of ether oxygens (including phenoxy) is 4. The highest BCUT2D eigenvalue weighted by Gasteiger charge is 2.39. The summed E-state index contributed by atoms with van der Waals surface area (Å²) in [5.41, 5.74) is -1.78. The molecule has 38 heavy (non-hydrogen) atoms. The number of carbonyl (C=O) groups is 1. The fraction of sp³-hybridized carbons (Fsp3) is 0.560. The lowest BCUT2D eigenvalue weighted by Gasteiger charge is -2.28. The minimum atomic E-state index is -4.85. The quantitative estimate of drug-likeness (QED) is 0.480. The van der Waals surface area contributed by atoms with Gasteiger partial charge in [0.25, 0.3) is 5.91 Å². The molecule has 2 saturated heterocycles. The van der Waals surface area contributed by atoms with Gasteiger partial charge in [0.1, 0.15) is 17.5 Å². The second-order valence-electron chi connectivity index (χ2n) is 9.53. The van der Waals surface area contributed by atoms with E-state index in [-0.39, 0.29) is 41.7 Å². The van der Waals surface area contributed by atoms with Crippen molar-refractivity contribution in [1.82, 2.24) is 15.3 Å². The standard InChI is InChI=1S/C25H30F4N4O5/c1-13(15-6-5-7-16(18(15)26)25(27,28)29)30-21-17(23-37-10-11-38-23)19(31-14(2)32-21)20(35-4)22(34)33-24(3)8-9-36-12-24/h5-7,13,20,23H,8-12H2,1-4H3,(H,33,34)(H,30,31,32)/t13-,20?,24?/m1/s1. The molecule has 2 aliphatic rings. The van der Waals surface area contributed by atoms with E-state index >= 15 is 0 Å². The maximum atomic E-state index is 14.9. The summed E-state index contributed by atoms with van der Waals surface area (Å²) in [7, 11) is 1.35. The molecule has 9 nitrogen and oxygen atoms in total. The minimum absolute atomic E-state index is 0.119. The molecule has 0 bridgehead atoms. The Morgan fingerprint density at radius 3 is 2.53 bits per heavy atom. The van der Waals surface area contributed by atoms with Gasteiger partial charge < -0.3 is 29.6 Å². The summed E-state index contributed by atoms with van der Waals surface area (Å²) in [4.78, 5) is 22.2. The van der Waals surface area contributed by atoms with Gasteiger partial charge in [-0.3, -0.25) is 4.79 Å². The summed E-state index contributed by atoms with van der Waals surface area (Å²) in [6, 6.07) is 2.12. The molecule has 0 saturated carbocycles. The zero-order chi connectivity index (χ0) is 27.7. The van der Waals surface area contributed by atoms with E-state index in [0.717, 1.165) is 6.07 Å². The van der Waals surface area contributed by atoms with E-state index in [1.54, 1.807) is 6.92 Å². The molecule has 2 N–H and O–H groups in total. The summed E-state index contributed by atoms with van der Waals surface area (Å²) in [5, 5.41) is 5.93. The number of amides is 1. The van der Waals surface area contributed by atoms with E-state index in [1.165, 1.54) is 20.1 Å². The Labute approximate surface area is 217 Å². The van der Waals surface area contributed by atoms with E-state index in [4.69, 9.17) is 18.9 Å². The Bertz CT molecular complexity index is 1170. The number of rotatable bonds is 8. The number of hydrogen-bond acceptors (Lipinski definition) is 8. The highest BCUT2D eigenvalue weighted by molar-refractivity contribution is 5.83. The number of methoxy groups -OCH3 is 1. The second kappa shape index (κ2) is 11.1. The third-order valence-corrected chi connectivity index (χ3v) is 6.46. The summed E-state index contributed by atoms with van der Waals surface area (Å²) >= 11 is 0. The van der Waals surface area contributed by atoms with Crippen molar-refractivity contribution in [3.63, 3.8) is 0 Å². The molecule has 4 rings (SSSR count). The largest absolute Gasteiger partial charge is 0.419 e. The van der Waals surface area contributed by atoms with Gasteiger partial charge >= 0.3 is 6.18 Å². The predicted octanol–water partition coefficient (Wildman–Crippen LogP) is 4.14. The minimum Gasteiger partial charge on any atom is -0.379 e. The zero-order valence-electron chi connectivity index (χ0n) is 21.4. The number of aryl methyl sites for hydroxylation is 1. The molecule has 13 heteroatoms. The summed E-state index contributed by atoms with van der Waals surface area (Å²) in [6.07, 6.45) is -6.41. The number of aromatic nitrogens is 2. The first kappa shape index (κ1) is 28.1. The Hall–Kier alpha value is -2.87. The summed E-state index contributed by atoms with van der Waals surface area (Å²) in [6.45, 7) is 6.31. The van der Waals surface area contributed by atoms with Crippen LogP contribution in [0.1, 0.15) is 66.9 Å². The number of nitrogens with zero attached hydrogens (tertiary/aromatic N) is 2. The molecular formula is C25H30F4N4O5. The van der Waals surface area contributed by atoms with Crippen LogP contribution in [0.4, 0.5) is 23.4 Å². The lowest BCUT2D eigenvalue weighted by atomic mass is 10.00. The molecule has 208 valence electrons. The highest BCUT2D eigenvalue weighted by Crippen LogP contribution is 2.38. The van der Waals surface area contributed by atoms with Gasteiger partial charge in [0.05, 0.1) is 48.2 Å². The van der Waals surface area contributed by atoms with Crippen molar-refractivity contribution in [3.8, 4) is 0 Å². The van der Waals surface area contributed by atoms with Crippen LogP contribution in [0.15, 0.2) is 18.2 Å².